The van der Waals surface area contributed by atoms with Gasteiger partial charge in [0.05, 0.1) is 17.1 Å². The van der Waals surface area contributed by atoms with Gasteiger partial charge in [-0.15, -0.1) is 0 Å². The summed E-state index contributed by atoms with van der Waals surface area (Å²) in [7, 11) is 0. The number of aromatic amines is 1. The molecular weight excluding hydrogens is 332 g/mol. The minimum atomic E-state index is -0.518. The van der Waals surface area contributed by atoms with E-state index in [-0.39, 0.29) is 0 Å². The van der Waals surface area contributed by atoms with Gasteiger partial charge in [-0.2, -0.15) is 0 Å². The van der Waals surface area contributed by atoms with Crippen LogP contribution in [0.3, 0.4) is 0 Å². The van der Waals surface area contributed by atoms with Gasteiger partial charge in [0, 0.05) is 10.6 Å². The highest BCUT2D eigenvalue weighted by Crippen LogP contribution is 2.31. The van der Waals surface area contributed by atoms with Gasteiger partial charge < -0.3 is 10.1 Å². The van der Waals surface area contributed by atoms with Gasteiger partial charge >= 0.3 is 0 Å². The summed E-state index contributed by atoms with van der Waals surface area (Å²) in [6, 6.07) is 21.6. The topological polar surface area (TPSA) is 48.9 Å². The Morgan fingerprint density at radius 3 is 2.60 bits per heavy atom. The third-order valence-corrected chi connectivity index (χ3v) is 4.54. The molecule has 0 spiro atoms. The number of halogens is 1. The minimum absolute atomic E-state index is 0.518. The quantitative estimate of drug-likeness (QED) is 0.506. The van der Waals surface area contributed by atoms with Crippen molar-refractivity contribution in [2.75, 3.05) is 0 Å². The standard InChI is InChI=1S/C21H17ClN2O/c1-13(25)17-7-2-3-8-18(17)14-9-10-19-20(12-14)24-21(23-19)15-5-4-6-16(22)11-15/h2-13,25H,1H3,(H,23,24). The average Bonchev–Trinajstić information content (AvgIpc) is 3.05. The monoisotopic (exact) mass is 348 g/mol. The molecular formula is C21H17ClN2O. The largest absolute Gasteiger partial charge is 0.389 e. The Bertz CT molecular complexity index is 1050. The van der Waals surface area contributed by atoms with Crippen molar-refractivity contribution in [1.82, 2.24) is 9.97 Å². The number of nitrogens with zero attached hydrogens (tertiary/aromatic N) is 1. The van der Waals surface area contributed by atoms with Crippen LogP contribution in [0.25, 0.3) is 33.5 Å². The molecule has 0 amide bonds. The van der Waals surface area contributed by atoms with Crippen LogP contribution in [-0.4, -0.2) is 15.1 Å². The predicted molar refractivity (Wildman–Crippen MR) is 103 cm³/mol. The maximum atomic E-state index is 10.0. The number of hydrogen-bond acceptors (Lipinski definition) is 2. The van der Waals surface area contributed by atoms with Crippen molar-refractivity contribution in [3.63, 3.8) is 0 Å². The predicted octanol–water partition coefficient (Wildman–Crippen LogP) is 5.60. The maximum absolute atomic E-state index is 10.0. The first kappa shape index (κ1) is 15.9. The van der Waals surface area contributed by atoms with Crippen LogP contribution in [0.2, 0.25) is 5.02 Å². The molecule has 0 saturated carbocycles. The number of rotatable bonds is 3. The normalized spacial score (nSPS) is 12.4. The first-order valence-corrected chi connectivity index (χ1v) is 8.53. The molecule has 0 fully saturated rings. The van der Waals surface area contributed by atoms with Gasteiger partial charge in [0.2, 0.25) is 0 Å². The molecule has 0 saturated heterocycles. The number of aromatic nitrogens is 2. The molecule has 1 atom stereocenters. The highest BCUT2D eigenvalue weighted by molar-refractivity contribution is 6.30. The van der Waals surface area contributed by atoms with Crippen molar-refractivity contribution >= 4 is 22.6 Å². The zero-order valence-corrected chi connectivity index (χ0v) is 14.5. The van der Waals surface area contributed by atoms with E-state index in [2.05, 4.69) is 16.0 Å². The molecule has 0 aliphatic rings. The lowest BCUT2D eigenvalue weighted by Gasteiger charge is -2.11. The number of aliphatic hydroxyl groups is 1. The molecule has 4 rings (SSSR count). The molecule has 2 N–H and O–H groups in total. The molecule has 4 heteroatoms. The fourth-order valence-electron chi connectivity index (χ4n) is 3.07. The van der Waals surface area contributed by atoms with Gasteiger partial charge in [0.15, 0.2) is 0 Å². The van der Waals surface area contributed by atoms with Crippen LogP contribution in [0.4, 0.5) is 0 Å². The molecule has 0 aliphatic carbocycles. The molecule has 0 radical (unpaired) electrons. The summed E-state index contributed by atoms with van der Waals surface area (Å²) in [6.07, 6.45) is -0.518. The van der Waals surface area contributed by atoms with E-state index < -0.39 is 6.10 Å². The van der Waals surface area contributed by atoms with Crippen molar-refractivity contribution in [2.24, 2.45) is 0 Å². The SMILES string of the molecule is CC(O)c1ccccc1-c1ccc2nc(-c3cccc(Cl)c3)[nH]c2c1. The second kappa shape index (κ2) is 6.36. The number of fused-ring (bicyclic) bond motifs is 1. The van der Waals surface area contributed by atoms with Gasteiger partial charge in [-0.1, -0.05) is 54.1 Å². The molecule has 1 unspecified atom stereocenters. The van der Waals surface area contributed by atoms with E-state index in [1.807, 2.05) is 60.7 Å². The molecule has 25 heavy (non-hydrogen) atoms. The van der Waals surface area contributed by atoms with Gasteiger partial charge in [-0.05, 0) is 47.9 Å². The smallest absolute Gasteiger partial charge is 0.138 e. The summed E-state index contributed by atoms with van der Waals surface area (Å²) < 4.78 is 0. The Hall–Kier alpha value is -2.62. The fourth-order valence-corrected chi connectivity index (χ4v) is 3.26. The summed E-state index contributed by atoms with van der Waals surface area (Å²) in [5.74, 6) is 0.790. The number of benzene rings is 3. The highest BCUT2D eigenvalue weighted by atomic mass is 35.5. The lowest BCUT2D eigenvalue weighted by atomic mass is 9.96. The van der Waals surface area contributed by atoms with Gasteiger partial charge in [0.1, 0.15) is 5.82 Å². The molecule has 3 aromatic carbocycles. The van der Waals surface area contributed by atoms with Crippen molar-refractivity contribution < 1.29 is 5.11 Å². The summed E-state index contributed by atoms with van der Waals surface area (Å²) in [5, 5.41) is 10.7. The van der Waals surface area contributed by atoms with E-state index in [1.165, 1.54) is 0 Å². The van der Waals surface area contributed by atoms with Crippen LogP contribution in [0, 0.1) is 0 Å². The summed E-state index contributed by atoms with van der Waals surface area (Å²) >= 11 is 6.08. The maximum Gasteiger partial charge on any atom is 0.138 e. The van der Waals surface area contributed by atoms with E-state index in [1.54, 1.807) is 6.92 Å². The molecule has 0 aliphatic heterocycles. The summed E-state index contributed by atoms with van der Waals surface area (Å²) in [5.41, 5.74) is 5.79. The van der Waals surface area contributed by atoms with E-state index in [0.29, 0.717) is 5.02 Å². The van der Waals surface area contributed by atoms with E-state index in [4.69, 9.17) is 11.6 Å². The number of hydrogen-bond donors (Lipinski definition) is 2. The van der Waals surface area contributed by atoms with Crippen molar-refractivity contribution in [1.29, 1.82) is 0 Å². The lowest BCUT2D eigenvalue weighted by molar-refractivity contribution is 0.200. The van der Waals surface area contributed by atoms with E-state index in [0.717, 1.165) is 39.1 Å². The van der Waals surface area contributed by atoms with Crippen LogP contribution in [0.15, 0.2) is 66.7 Å². The van der Waals surface area contributed by atoms with Crippen LogP contribution in [0.5, 0.6) is 0 Å². The first-order valence-electron chi connectivity index (χ1n) is 8.15. The van der Waals surface area contributed by atoms with Crippen LogP contribution in [-0.2, 0) is 0 Å². The molecule has 1 aromatic heterocycles. The second-order valence-corrected chi connectivity index (χ2v) is 6.53. The molecule has 4 aromatic rings. The summed E-state index contributed by atoms with van der Waals surface area (Å²) in [6.45, 7) is 1.78. The zero-order chi connectivity index (χ0) is 17.4. The summed E-state index contributed by atoms with van der Waals surface area (Å²) in [4.78, 5) is 8.02. The molecule has 1 heterocycles. The fraction of sp³-hybridized carbons (Fsp3) is 0.0952. The van der Waals surface area contributed by atoms with Crippen LogP contribution >= 0.6 is 11.6 Å². The Morgan fingerprint density at radius 2 is 1.80 bits per heavy atom. The van der Waals surface area contributed by atoms with E-state index in [9.17, 15) is 5.11 Å². The van der Waals surface area contributed by atoms with Gasteiger partial charge in [-0.3, -0.25) is 0 Å². The van der Waals surface area contributed by atoms with Crippen molar-refractivity contribution in [3.05, 3.63) is 77.3 Å². The Balaban J connectivity index is 1.82. The molecule has 3 nitrogen and oxygen atoms in total. The Labute approximate surface area is 150 Å². The third kappa shape index (κ3) is 3.04. The second-order valence-electron chi connectivity index (χ2n) is 6.09. The molecule has 124 valence electrons. The highest BCUT2D eigenvalue weighted by Gasteiger charge is 2.11. The first-order chi connectivity index (χ1) is 12.1. The third-order valence-electron chi connectivity index (χ3n) is 4.30. The Kier molecular flexibility index (Phi) is 4.04. The van der Waals surface area contributed by atoms with E-state index >= 15 is 0 Å². The Morgan fingerprint density at radius 1 is 0.960 bits per heavy atom. The lowest BCUT2D eigenvalue weighted by Crippen LogP contribution is -1.94. The van der Waals surface area contributed by atoms with Gasteiger partial charge in [0.25, 0.3) is 0 Å². The van der Waals surface area contributed by atoms with Crippen molar-refractivity contribution in [3.8, 4) is 22.5 Å². The zero-order valence-electron chi connectivity index (χ0n) is 13.7. The van der Waals surface area contributed by atoms with Crippen LogP contribution < -0.4 is 0 Å². The average molecular weight is 349 g/mol. The molecule has 0 bridgehead atoms. The number of imidazole rings is 1. The number of H-pyrrole nitrogens is 1. The van der Waals surface area contributed by atoms with Crippen molar-refractivity contribution in [2.45, 2.75) is 13.0 Å². The number of aliphatic hydroxyl groups excluding tert-OH is 1. The van der Waals surface area contributed by atoms with Gasteiger partial charge in [-0.25, -0.2) is 4.98 Å². The van der Waals surface area contributed by atoms with Crippen LogP contribution in [0.1, 0.15) is 18.6 Å². The minimum Gasteiger partial charge on any atom is -0.389 e. The number of nitrogens with one attached hydrogen (secondary N) is 1.